The van der Waals surface area contributed by atoms with E-state index in [1.807, 2.05) is 0 Å². The summed E-state index contributed by atoms with van der Waals surface area (Å²) in [4.78, 5) is 13.7. The minimum Gasteiger partial charge on any atom is -0.364 e. The highest BCUT2D eigenvalue weighted by molar-refractivity contribution is 5.99. The van der Waals surface area contributed by atoms with Gasteiger partial charge in [-0.05, 0) is 38.1 Å². The zero-order valence-electron chi connectivity index (χ0n) is 9.37. The second-order valence-corrected chi connectivity index (χ2v) is 4.29. The highest BCUT2D eigenvalue weighted by atomic mass is 19.1. The number of ether oxygens (including phenoxy) is 1. The van der Waals surface area contributed by atoms with Gasteiger partial charge in [0, 0.05) is 12.2 Å². The summed E-state index contributed by atoms with van der Waals surface area (Å²) in [5.41, 5.74) is -0.0881. The van der Waals surface area contributed by atoms with E-state index in [-0.39, 0.29) is 11.7 Å². The van der Waals surface area contributed by atoms with Crippen molar-refractivity contribution in [3.05, 3.63) is 30.1 Å². The van der Waals surface area contributed by atoms with Gasteiger partial charge >= 0.3 is 0 Å². The van der Waals surface area contributed by atoms with Crippen molar-refractivity contribution >= 4 is 11.6 Å². The molecule has 0 radical (unpaired) electrons. The van der Waals surface area contributed by atoms with Gasteiger partial charge in [0.1, 0.15) is 11.4 Å². The highest BCUT2D eigenvalue weighted by Gasteiger charge is 2.37. The van der Waals surface area contributed by atoms with E-state index in [0.717, 1.165) is 0 Å². The Bertz CT molecular complexity index is 400. The number of hydrogen-bond acceptors (Lipinski definition) is 2. The van der Waals surface area contributed by atoms with Crippen molar-refractivity contribution in [1.29, 1.82) is 0 Å². The second kappa shape index (κ2) is 3.87. The predicted molar refractivity (Wildman–Crippen MR) is 58.8 cm³/mol. The molecule has 1 saturated heterocycles. The summed E-state index contributed by atoms with van der Waals surface area (Å²) in [6.45, 7) is 4.49. The van der Waals surface area contributed by atoms with Crippen LogP contribution in [0.2, 0.25) is 0 Å². The van der Waals surface area contributed by atoms with Crippen LogP contribution in [0.5, 0.6) is 0 Å². The largest absolute Gasteiger partial charge is 0.364 e. The van der Waals surface area contributed by atoms with Gasteiger partial charge in [-0.25, -0.2) is 4.39 Å². The average Bonchev–Trinajstić information content (AvgIpc) is 2.24. The van der Waals surface area contributed by atoms with E-state index in [1.165, 1.54) is 12.1 Å². The van der Waals surface area contributed by atoms with Crippen LogP contribution in [0, 0.1) is 5.82 Å². The molecule has 1 aliphatic heterocycles. The number of carbonyl (C=O) groups is 1. The van der Waals surface area contributed by atoms with Gasteiger partial charge in [-0.15, -0.1) is 0 Å². The van der Waals surface area contributed by atoms with Crippen LogP contribution in [0.3, 0.4) is 0 Å². The van der Waals surface area contributed by atoms with Crippen molar-refractivity contribution in [2.75, 3.05) is 18.1 Å². The quantitative estimate of drug-likeness (QED) is 0.728. The first kappa shape index (κ1) is 11.1. The summed E-state index contributed by atoms with van der Waals surface area (Å²) < 4.78 is 18.2. The molecule has 1 aliphatic rings. The zero-order chi connectivity index (χ0) is 11.8. The summed E-state index contributed by atoms with van der Waals surface area (Å²) >= 11 is 0. The van der Waals surface area contributed by atoms with Gasteiger partial charge in [0.15, 0.2) is 0 Å². The monoisotopic (exact) mass is 223 g/mol. The van der Waals surface area contributed by atoms with Gasteiger partial charge in [0.2, 0.25) is 0 Å². The van der Waals surface area contributed by atoms with E-state index < -0.39 is 5.60 Å². The Hall–Kier alpha value is -1.42. The maximum absolute atomic E-state index is 12.8. The van der Waals surface area contributed by atoms with Crippen LogP contribution in [-0.2, 0) is 9.53 Å². The van der Waals surface area contributed by atoms with E-state index in [1.54, 1.807) is 30.9 Å². The van der Waals surface area contributed by atoms with Crippen LogP contribution >= 0.6 is 0 Å². The second-order valence-electron chi connectivity index (χ2n) is 4.29. The summed E-state index contributed by atoms with van der Waals surface area (Å²) in [6.07, 6.45) is 0. The number of hydrogen-bond donors (Lipinski definition) is 0. The fourth-order valence-electron chi connectivity index (χ4n) is 1.75. The lowest BCUT2D eigenvalue weighted by Crippen LogP contribution is -2.53. The number of carbonyl (C=O) groups excluding carboxylic acids is 1. The number of halogens is 1. The van der Waals surface area contributed by atoms with Gasteiger partial charge in [-0.3, -0.25) is 4.79 Å². The SMILES string of the molecule is CC1(C)OCCN(c2ccc(F)cc2)C1=O. The summed E-state index contributed by atoms with van der Waals surface area (Å²) in [7, 11) is 0. The Morgan fingerprint density at radius 3 is 2.56 bits per heavy atom. The zero-order valence-corrected chi connectivity index (χ0v) is 9.37. The molecule has 0 saturated carbocycles. The highest BCUT2D eigenvalue weighted by Crippen LogP contribution is 2.24. The minimum atomic E-state index is -0.799. The van der Waals surface area contributed by atoms with Crippen molar-refractivity contribution in [3.63, 3.8) is 0 Å². The van der Waals surface area contributed by atoms with Crippen molar-refractivity contribution in [2.24, 2.45) is 0 Å². The molecule has 1 fully saturated rings. The van der Waals surface area contributed by atoms with Crippen molar-refractivity contribution in [3.8, 4) is 0 Å². The molecule has 1 aromatic carbocycles. The lowest BCUT2D eigenvalue weighted by atomic mass is 10.1. The third-order valence-corrected chi connectivity index (χ3v) is 2.68. The van der Waals surface area contributed by atoms with Crippen molar-refractivity contribution < 1.29 is 13.9 Å². The van der Waals surface area contributed by atoms with Crippen molar-refractivity contribution in [1.82, 2.24) is 0 Å². The molecule has 0 aromatic heterocycles. The normalized spacial score (nSPS) is 19.9. The molecule has 3 nitrogen and oxygen atoms in total. The fourth-order valence-corrected chi connectivity index (χ4v) is 1.75. The van der Waals surface area contributed by atoms with Gasteiger partial charge in [-0.2, -0.15) is 0 Å². The van der Waals surface area contributed by atoms with E-state index in [4.69, 9.17) is 4.74 Å². The molecular formula is C12H14FNO2. The Labute approximate surface area is 93.8 Å². The van der Waals surface area contributed by atoms with Crippen LogP contribution in [0.25, 0.3) is 0 Å². The Morgan fingerprint density at radius 2 is 1.94 bits per heavy atom. The predicted octanol–water partition coefficient (Wildman–Crippen LogP) is 1.97. The lowest BCUT2D eigenvalue weighted by Gasteiger charge is -2.37. The molecule has 1 heterocycles. The van der Waals surface area contributed by atoms with E-state index >= 15 is 0 Å². The number of rotatable bonds is 1. The smallest absolute Gasteiger partial charge is 0.258 e. The van der Waals surface area contributed by atoms with Gasteiger partial charge < -0.3 is 9.64 Å². The molecule has 0 atom stereocenters. The number of benzene rings is 1. The van der Waals surface area contributed by atoms with Crippen molar-refractivity contribution in [2.45, 2.75) is 19.4 Å². The minimum absolute atomic E-state index is 0.0923. The summed E-state index contributed by atoms with van der Waals surface area (Å²) in [5.74, 6) is -0.394. The maximum Gasteiger partial charge on any atom is 0.258 e. The Morgan fingerprint density at radius 1 is 1.31 bits per heavy atom. The van der Waals surface area contributed by atoms with Crippen LogP contribution < -0.4 is 4.90 Å². The van der Waals surface area contributed by atoms with E-state index in [9.17, 15) is 9.18 Å². The molecule has 0 unspecified atom stereocenters. The molecule has 0 bridgehead atoms. The first-order valence-electron chi connectivity index (χ1n) is 5.22. The van der Waals surface area contributed by atoms with Crippen LogP contribution in [0.1, 0.15) is 13.8 Å². The summed E-state index contributed by atoms with van der Waals surface area (Å²) in [5, 5.41) is 0. The fraction of sp³-hybridized carbons (Fsp3) is 0.417. The number of morpholine rings is 1. The molecule has 1 amide bonds. The number of anilines is 1. The van der Waals surface area contributed by atoms with Crippen LogP contribution in [0.15, 0.2) is 24.3 Å². The first-order valence-corrected chi connectivity index (χ1v) is 5.22. The van der Waals surface area contributed by atoms with E-state index in [0.29, 0.717) is 18.8 Å². The molecule has 86 valence electrons. The summed E-state index contributed by atoms with van der Waals surface area (Å²) in [6, 6.07) is 5.92. The Kier molecular flexibility index (Phi) is 2.68. The topological polar surface area (TPSA) is 29.5 Å². The number of amides is 1. The van der Waals surface area contributed by atoms with Gasteiger partial charge in [0.25, 0.3) is 5.91 Å². The molecule has 4 heteroatoms. The number of nitrogens with zero attached hydrogens (tertiary/aromatic N) is 1. The maximum atomic E-state index is 12.8. The standard InChI is InChI=1S/C12H14FNO2/c1-12(2)11(15)14(7-8-16-12)10-5-3-9(13)4-6-10/h3-6H,7-8H2,1-2H3. The molecule has 0 aliphatic carbocycles. The van der Waals surface area contributed by atoms with Gasteiger partial charge in [-0.1, -0.05) is 0 Å². The molecule has 0 spiro atoms. The van der Waals surface area contributed by atoms with Crippen LogP contribution in [0.4, 0.5) is 10.1 Å². The molecule has 2 rings (SSSR count). The lowest BCUT2D eigenvalue weighted by molar-refractivity contribution is -0.144. The average molecular weight is 223 g/mol. The molecule has 0 N–H and O–H groups in total. The van der Waals surface area contributed by atoms with E-state index in [2.05, 4.69) is 0 Å². The first-order chi connectivity index (χ1) is 7.50. The van der Waals surface area contributed by atoms with Crippen LogP contribution in [-0.4, -0.2) is 24.7 Å². The van der Waals surface area contributed by atoms with Gasteiger partial charge in [0.05, 0.1) is 6.61 Å². The molecular weight excluding hydrogens is 209 g/mol. The molecule has 1 aromatic rings. The molecule has 16 heavy (non-hydrogen) atoms. The third-order valence-electron chi connectivity index (χ3n) is 2.68. The Balaban J connectivity index is 2.27. The third kappa shape index (κ3) is 1.93.